The molecule has 4 nitrogen and oxygen atoms in total. The largest absolute Gasteiger partial charge is 0.312 e. The maximum atomic E-state index is 12.8. The Balaban J connectivity index is 2.26. The standard InChI is InChI=1S/C15H20FNO3S/c1-10(2)13-5-4-11(3)14(7-13)17-8-12(6-15(17)18)9-21(16,19)20/h4-5,7,10,12H,6,8-9H2,1-3H3. The van der Waals surface area contributed by atoms with E-state index in [0.29, 0.717) is 5.92 Å². The smallest absolute Gasteiger partial charge is 0.302 e. The number of anilines is 1. The van der Waals surface area contributed by atoms with E-state index in [9.17, 15) is 17.1 Å². The normalized spacial score (nSPS) is 19.6. The fourth-order valence-electron chi connectivity index (χ4n) is 2.68. The molecule has 0 bridgehead atoms. The number of rotatable bonds is 4. The first-order valence-electron chi connectivity index (χ1n) is 7.00. The van der Waals surface area contributed by atoms with Gasteiger partial charge in [0.05, 0.1) is 5.75 Å². The number of aryl methyl sites for hydroxylation is 1. The number of carbonyl (C=O) groups excluding carboxylic acids is 1. The molecule has 1 fully saturated rings. The molecule has 1 aliphatic heterocycles. The van der Waals surface area contributed by atoms with Gasteiger partial charge in [-0.05, 0) is 30.0 Å². The second kappa shape index (κ2) is 5.75. The van der Waals surface area contributed by atoms with Gasteiger partial charge in [0.2, 0.25) is 5.91 Å². The van der Waals surface area contributed by atoms with Gasteiger partial charge in [0, 0.05) is 24.6 Å². The van der Waals surface area contributed by atoms with Crippen molar-refractivity contribution >= 4 is 21.8 Å². The van der Waals surface area contributed by atoms with Crippen LogP contribution in [-0.2, 0) is 15.0 Å². The molecule has 1 aromatic carbocycles. The lowest BCUT2D eigenvalue weighted by atomic mass is 10.0. The van der Waals surface area contributed by atoms with Gasteiger partial charge < -0.3 is 4.90 Å². The van der Waals surface area contributed by atoms with E-state index in [2.05, 4.69) is 13.8 Å². The number of carbonyl (C=O) groups is 1. The van der Waals surface area contributed by atoms with Crippen molar-refractivity contribution in [1.82, 2.24) is 0 Å². The van der Waals surface area contributed by atoms with Crippen LogP contribution in [0.15, 0.2) is 18.2 Å². The minimum atomic E-state index is -4.55. The minimum Gasteiger partial charge on any atom is -0.312 e. The highest BCUT2D eigenvalue weighted by molar-refractivity contribution is 7.86. The van der Waals surface area contributed by atoms with Gasteiger partial charge >= 0.3 is 10.2 Å². The quantitative estimate of drug-likeness (QED) is 0.803. The van der Waals surface area contributed by atoms with Crippen molar-refractivity contribution in [3.63, 3.8) is 0 Å². The number of hydrogen-bond acceptors (Lipinski definition) is 3. The van der Waals surface area contributed by atoms with Crippen LogP contribution in [-0.4, -0.2) is 26.6 Å². The van der Waals surface area contributed by atoms with Gasteiger partial charge in [0.1, 0.15) is 0 Å². The van der Waals surface area contributed by atoms with Gasteiger partial charge in [-0.3, -0.25) is 4.79 Å². The summed E-state index contributed by atoms with van der Waals surface area (Å²) in [6.45, 7) is 6.30. The van der Waals surface area contributed by atoms with Gasteiger partial charge in [0.25, 0.3) is 0 Å². The summed E-state index contributed by atoms with van der Waals surface area (Å²) in [7, 11) is -4.55. The number of halogens is 1. The third kappa shape index (κ3) is 3.81. The summed E-state index contributed by atoms with van der Waals surface area (Å²) in [5.41, 5.74) is 2.87. The minimum absolute atomic E-state index is 0.0779. The Hall–Kier alpha value is -1.43. The van der Waals surface area contributed by atoms with Crippen LogP contribution < -0.4 is 4.90 Å². The summed E-state index contributed by atoms with van der Waals surface area (Å²) in [6.07, 6.45) is 0.0779. The van der Waals surface area contributed by atoms with Crippen molar-refractivity contribution in [2.24, 2.45) is 5.92 Å². The van der Waals surface area contributed by atoms with Gasteiger partial charge in [0.15, 0.2) is 0 Å². The Morgan fingerprint density at radius 3 is 2.62 bits per heavy atom. The van der Waals surface area contributed by atoms with Gasteiger partial charge in [-0.1, -0.05) is 26.0 Å². The molecule has 0 aliphatic carbocycles. The molecule has 1 atom stereocenters. The molecule has 116 valence electrons. The molecule has 0 N–H and O–H groups in total. The Bertz CT molecular complexity index is 655. The molecular formula is C15H20FNO3S. The van der Waals surface area contributed by atoms with E-state index in [0.717, 1.165) is 16.8 Å². The molecule has 0 spiro atoms. The lowest BCUT2D eigenvalue weighted by molar-refractivity contribution is -0.117. The molecule has 1 unspecified atom stereocenters. The van der Waals surface area contributed by atoms with Gasteiger partial charge in [-0.2, -0.15) is 8.42 Å². The zero-order valence-electron chi connectivity index (χ0n) is 12.5. The summed E-state index contributed by atoms with van der Waals surface area (Å²) < 4.78 is 34.3. The van der Waals surface area contributed by atoms with Crippen molar-refractivity contribution in [2.45, 2.75) is 33.1 Å². The lowest BCUT2D eigenvalue weighted by Crippen LogP contribution is -2.26. The van der Waals surface area contributed by atoms with Crippen molar-refractivity contribution in [2.75, 3.05) is 17.2 Å². The summed E-state index contributed by atoms with van der Waals surface area (Å²) >= 11 is 0. The van der Waals surface area contributed by atoms with Crippen LogP contribution in [0.3, 0.4) is 0 Å². The Kier molecular flexibility index (Phi) is 4.37. The highest BCUT2D eigenvalue weighted by Crippen LogP contribution is 2.31. The Labute approximate surface area is 125 Å². The fourth-order valence-corrected chi connectivity index (χ4v) is 3.47. The number of amides is 1. The molecule has 0 aromatic heterocycles. The average molecular weight is 313 g/mol. The van der Waals surface area contributed by atoms with Crippen LogP contribution in [0.4, 0.5) is 9.57 Å². The third-order valence-electron chi connectivity index (χ3n) is 3.83. The maximum Gasteiger partial charge on any atom is 0.302 e. The molecule has 0 saturated carbocycles. The monoisotopic (exact) mass is 313 g/mol. The molecule has 21 heavy (non-hydrogen) atoms. The van der Waals surface area contributed by atoms with Crippen molar-refractivity contribution in [1.29, 1.82) is 0 Å². The first-order valence-corrected chi connectivity index (χ1v) is 8.56. The van der Waals surface area contributed by atoms with E-state index in [4.69, 9.17) is 0 Å². The van der Waals surface area contributed by atoms with Gasteiger partial charge in [-0.15, -0.1) is 3.89 Å². The van der Waals surface area contributed by atoms with E-state index in [1.807, 2.05) is 25.1 Å². The number of benzene rings is 1. The zero-order chi connectivity index (χ0) is 15.8. The molecule has 1 amide bonds. The van der Waals surface area contributed by atoms with Crippen LogP contribution in [0, 0.1) is 12.8 Å². The first kappa shape index (κ1) is 15.9. The molecular weight excluding hydrogens is 293 g/mol. The van der Waals surface area contributed by atoms with Crippen LogP contribution in [0.2, 0.25) is 0 Å². The highest BCUT2D eigenvalue weighted by atomic mass is 32.3. The zero-order valence-corrected chi connectivity index (χ0v) is 13.3. The molecule has 0 radical (unpaired) electrons. The second-order valence-corrected chi connectivity index (χ2v) is 7.39. The van der Waals surface area contributed by atoms with Crippen molar-refractivity contribution < 1.29 is 17.1 Å². The topological polar surface area (TPSA) is 54.5 Å². The van der Waals surface area contributed by atoms with E-state index in [1.54, 1.807) is 4.90 Å². The van der Waals surface area contributed by atoms with Crippen LogP contribution in [0.5, 0.6) is 0 Å². The van der Waals surface area contributed by atoms with Crippen LogP contribution >= 0.6 is 0 Å². The third-order valence-corrected chi connectivity index (χ3v) is 4.70. The first-order chi connectivity index (χ1) is 9.67. The van der Waals surface area contributed by atoms with Gasteiger partial charge in [-0.25, -0.2) is 0 Å². The summed E-state index contributed by atoms with van der Waals surface area (Å²) in [6, 6.07) is 5.94. The Morgan fingerprint density at radius 2 is 2.05 bits per heavy atom. The van der Waals surface area contributed by atoms with E-state index in [-0.39, 0.29) is 18.9 Å². The summed E-state index contributed by atoms with van der Waals surface area (Å²) in [5.74, 6) is -0.871. The fraction of sp³-hybridized carbons (Fsp3) is 0.533. The highest BCUT2D eigenvalue weighted by Gasteiger charge is 2.34. The molecule has 1 saturated heterocycles. The predicted molar refractivity (Wildman–Crippen MR) is 80.6 cm³/mol. The van der Waals surface area contributed by atoms with E-state index < -0.39 is 21.9 Å². The van der Waals surface area contributed by atoms with E-state index in [1.165, 1.54) is 0 Å². The summed E-state index contributed by atoms with van der Waals surface area (Å²) in [5, 5.41) is 0. The van der Waals surface area contributed by atoms with Crippen molar-refractivity contribution in [3.8, 4) is 0 Å². The SMILES string of the molecule is Cc1ccc(C(C)C)cc1N1CC(CS(=O)(=O)F)CC1=O. The van der Waals surface area contributed by atoms with Crippen molar-refractivity contribution in [3.05, 3.63) is 29.3 Å². The van der Waals surface area contributed by atoms with E-state index >= 15 is 0 Å². The predicted octanol–water partition coefficient (Wildman–Crippen LogP) is 2.77. The molecule has 6 heteroatoms. The molecule has 1 aliphatic rings. The lowest BCUT2D eigenvalue weighted by Gasteiger charge is -2.21. The molecule has 2 rings (SSSR count). The molecule has 1 heterocycles. The number of hydrogen-bond donors (Lipinski definition) is 0. The summed E-state index contributed by atoms with van der Waals surface area (Å²) in [4.78, 5) is 13.7. The average Bonchev–Trinajstić information content (AvgIpc) is 2.67. The maximum absolute atomic E-state index is 12.8. The Morgan fingerprint density at radius 1 is 1.38 bits per heavy atom. The van der Waals surface area contributed by atoms with Crippen LogP contribution in [0.1, 0.15) is 37.3 Å². The number of nitrogens with zero attached hydrogens (tertiary/aromatic N) is 1. The molecule has 1 aromatic rings. The van der Waals surface area contributed by atoms with Crippen LogP contribution in [0.25, 0.3) is 0 Å². The second-order valence-electron chi connectivity index (χ2n) is 5.98.